The molecule has 0 radical (unpaired) electrons. The van der Waals surface area contributed by atoms with E-state index in [2.05, 4.69) is 29.3 Å². The molecule has 0 aliphatic rings. The van der Waals surface area contributed by atoms with Crippen LogP contribution in [0.25, 0.3) is 11.3 Å². The highest BCUT2D eigenvalue weighted by atomic mass is 16.5. The zero-order chi connectivity index (χ0) is 20.6. The number of pyridine rings is 1. The Balaban J connectivity index is 1.66. The van der Waals surface area contributed by atoms with E-state index in [9.17, 15) is 9.59 Å². The summed E-state index contributed by atoms with van der Waals surface area (Å²) in [5, 5.41) is 6.59. The minimum absolute atomic E-state index is 0.00388. The molecule has 0 saturated heterocycles. The zero-order valence-electron chi connectivity index (χ0n) is 16.6. The van der Waals surface area contributed by atoms with Gasteiger partial charge < -0.3 is 14.7 Å². The summed E-state index contributed by atoms with van der Waals surface area (Å²) in [4.78, 5) is 30.9. The van der Waals surface area contributed by atoms with Gasteiger partial charge in [0.2, 0.25) is 0 Å². The topological polar surface area (TPSA) is 88.3 Å². The van der Waals surface area contributed by atoms with E-state index < -0.39 is 0 Å². The largest absolute Gasteiger partial charge is 0.355 e. The number of carbonyl (C=O) groups excluding carboxylic acids is 2. The van der Waals surface area contributed by atoms with Crippen LogP contribution in [0.4, 0.5) is 5.69 Å². The lowest BCUT2D eigenvalue weighted by Crippen LogP contribution is -2.32. The first kappa shape index (κ1) is 20.3. The van der Waals surface area contributed by atoms with Crippen LogP contribution in [-0.4, -0.2) is 39.9 Å². The van der Waals surface area contributed by atoms with Gasteiger partial charge in [-0.25, -0.2) is 0 Å². The molecule has 3 aromatic rings. The molecule has 0 atom stereocenters. The van der Waals surface area contributed by atoms with Crippen molar-refractivity contribution in [2.24, 2.45) is 0 Å². The summed E-state index contributed by atoms with van der Waals surface area (Å²) in [6, 6.07) is 12.0. The second-order valence-corrected chi connectivity index (χ2v) is 6.64. The third-order valence-electron chi connectivity index (χ3n) is 4.35. The van der Waals surface area contributed by atoms with Crippen LogP contribution < -0.4 is 5.32 Å². The maximum atomic E-state index is 12.6. The SMILES string of the molecule is CCCN(CCC)C(=O)c1ccc(NC(=O)c2cc(-c3cccnc3)on2)cc1. The van der Waals surface area contributed by atoms with Gasteiger partial charge in [0.25, 0.3) is 11.8 Å². The fourth-order valence-corrected chi connectivity index (χ4v) is 2.96. The molecule has 0 spiro atoms. The molecule has 2 aromatic heterocycles. The number of benzene rings is 1. The van der Waals surface area contributed by atoms with E-state index in [4.69, 9.17) is 4.52 Å². The molecule has 1 N–H and O–H groups in total. The first-order valence-electron chi connectivity index (χ1n) is 9.70. The Labute approximate surface area is 169 Å². The number of aromatic nitrogens is 2. The third-order valence-corrected chi connectivity index (χ3v) is 4.35. The van der Waals surface area contributed by atoms with Gasteiger partial charge in [0.05, 0.1) is 0 Å². The smallest absolute Gasteiger partial charge is 0.277 e. The quantitative estimate of drug-likeness (QED) is 0.619. The maximum absolute atomic E-state index is 12.6. The molecule has 0 fully saturated rings. The van der Waals surface area contributed by atoms with Gasteiger partial charge in [-0.2, -0.15) is 0 Å². The van der Waals surface area contributed by atoms with Gasteiger partial charge in [-0.05, 0) is 49.2 Å². The van der Waals surface area contributed by atoms with E-state index in [-0.39, 0.29) is 17.5 Å². The van der Waals surface area contributed by atoms with Crippen molar-refractivity contribution in [3.8, 4) is 11.3 Å². The van der Waals surface area contributed by atoms with Gasteiger partial charge >= 0.3 is 0 Å². The minimum Gasteiger partial charge on any atom is -0.355 e. The van der Waals surface area contributed by atoms with E-state index in [1.54, 1.807) is 48.8 Å². The van der Waals surface area contributed by atoms with Crippen molar-refractivity contribution in [2.75, 3.05) is 18.4 Å². The maximum Gasteiger partial charge on any atom is 0.277 e. The van der Waals surface area contributed by atoms with Gasteiger partial charge in [0, 0.05) is 48.4 Å². The molecule has 7 nitrogen and oxygen atoms in total. The highest BCUT2D eigenvalue weighted by molar-refractivity contribution is 6.03. The van der Waals surface area contributed by atoms with Crippen LogP contribution in [0.15, 0.2) is 59.4 Å². The summed E-state index contributed by atoms with van der Waals surface area (Å²) in [7, 11) is 0. The number of amides is 2. The van der Waals surface area contributed by atoms with Crippen molar-refractivity contribution >= 4 is 17.5 Å². The van der Waals surface area contributed by atoms with Crippen LogP contribution in [-0.2, 0) is 0 Å². The predicted octanol–water partition coefficient (Wildman–Crippen LogP) is 4.25. The average molecular weight is 392 g/mol. The third kappa shape index (κ3) is 5.07. The van der Waals surface area contributed by atoms with Crippen molar-refractivity contribution in [2.45, 2.75) is 26.7 Å². The predicted molar refractivity (Wildman–Crippen MR) is 111 cm³/mol. The number of nitrogens with one attached hydrogen (secondary N) is 1. The van der Waals surface area contributed by atoms with Gasteiger partial charge in [-0.1, -0.05) is 19.0 Å². The van der Waals surface area contributed by atoms with Crippen molar-refractivity contribution in [1.29, 1.82) is 0 Å². The number of rotatable bonds is 8. The summed E-state index contributed by atoms with van der Waals surface area (Å²) in [5.41, 5.74) is 2.09. The highest BCUT2D eigenvalue weighted by Gasteiger charge is 2.16. The standard InChI is InChI=1S/C22H24N4O3/c1-3-12-26(13-4-2)22(28)16-7-9-18(10-8-16)24-21(27)19-14-20(29-25-19)17-6-5-11-23-15-17/h5-11,14-15H,3-4,12-13H2,1-2H3,(H,24,27). The van der Waals surface area contributed by atoms with E-state index in [1.165, 1.54) is 0 Å². The Bertz CT molecular complexity index is 946. The minimum atomic E-state index is -0.387. The van der Waals surface area contributed by atoms with Crippen LogP contribution in [0.1, 0.15) is 47.5 Å². The Kier molecular flexibility index (Phi) is 6.73. The van der Waals surface area contributed by atoms with Crippen LogP contribution in [0.2, 0.25) is 0 Å². The molecule has 0 bridgehead atoms. The number of carbonyl (C=O) groups is 2. The van der Waals surface area contributed by atoms with Crippen molar-refractivity contribution in [3.05, 3.63) is 66.1 Å². The van der Waals surface area contributed by atoms with Crippen LogP contribution >= 0.6 is 0 Å². The van der Waals surface area contributed by atoms with Gasteiger partial charge in [0.15, 0.2) is 11.5 Å². The molecule has 0 unspecified atom stereocenters. The first-order valence-corrected chi connectivity index (χ1v) is 9.70. The Morgan fingerprint density at radius 3 is 2.41 bits per heavy atom. The van der Waals surface area contributed by atoms with E-state index in [0.717, 1.165) is 31.5 Å². The summed E-state index contributed by atoms with van der Waals surface area (Å²) < 4.78 is 5.23. The van der Waals surface area contributed by atoms with Gasteiger partial charge in [-0.3, -0.25) is 14.6 Å². The van der Waals surface area contributed by atoms with Crippen LogP contribution in [0.5, 0.6) is 0 Å². The van der Waals surface area contributed by atoms with Crippen LogP contribution in [0, 0.1) is 0 Å². The monoisotopic (exact) mass is 392 g/mol. The molecule has 0 aliphatic carbocycles. The van der Waals surface area contributed by atoms with Crippen molar-refractivity contribution in [3.63, 3.8) is 0 Å². The Hall–Kier alpha value is -3.48. The number of hydrogen-bond donors (Lipinski definition) is 1. The normalized spacial score (nSPS) is 10.6. The lowest BCUT2D eigenvalue weighted by Gasteiger charge is -2.21. The molecule has 2 heterocycles. The second kappa shape index (κ2) is 9.64. The Morgan fingerprint density at radius 1 is 1.07 bits per heavy atom. The Morgan fingerprint density at radius 2 is 1.79 bits per heavy atom. The number of anilines is 1. The van der Waals surface area contributed by atoms with Crippen molar-refractivity contribution in [1.82, 2.24) is 15.0 Å². The van der Waals surface area contributed by atoms with Crippen LogP contribution in [0.3, 0.4) is 0 Å². The van der Waals surface area contributed by atoms with E-state index in [0.29, 0.717) is 17.0 Å². The fourth-order valence-electron chi connectivity index (χ4n) is 2.96. The molecular weight excluding hydrogens is 368 g/mol. The zero-order valence-corrected chi connectivity index (χ0v) is 16.6. The average Bonchev–Trinajstić information content (AvgIpc) is 3.25. The molecule has 2 amide bonds. The highest BCUT2D eigenvalue weighted by Crippen LogP contribution is 2.20. The molecule has 7 heteroatoms. The second-order valence-electron chi connectivity index (χ2n) is 6.64. The summed E-state index contributed by atoms with van der Waals surface area (Å²) in [6.45, 7) is 5.57. The number of nitrogens with zero attached hydrogens (tertiary/aromatic N) is 3. The molecule has 3 rings (SSSR count). The summed E-state index contributed by atoms with van der Waals surface area (Å²) >= 11 is 0. The molecule has 0 saturated carbocycles. The lowest BCUT2D eigenvalue weighted by atomic mass is 10.1. The summed E-state index contributed by atoms with van der Waals surface area (Å²) in [6.07, 6.45) is 5.13. The molecule has 0 aliphatic heterocycles. The molecule has 1 aromatic carbocycles. The fraction of sp³-hybridized carbons (Fsp3) is 0.273. The molecule has 150 valence electrons. The number of hydrogen-bond acceptors (Lipinski definition) is 5. The van der Waals surface area contributed by atoms with Crippen molar-refractivity contribution < 1.29 is 14.1 Å². The first-order chi connectivity index (χ1) is 14.1. The molecule has 29 heavy (non-hydrogen) atoms. The van der Waals surface area contributed by atoms with E-state index in [1.807, 2.05) is 11.0 Å². The summed E-state index contributed by atoms with van der Waals surface area (Å²) in [5.74, 6) is 0.0851. The molecular formula is C22H24N4O3. The lowest BCUT2D eigenvalue weighted by molar-refractivity contribution is 0.0755. The van der Waals surface area contributed by atoms with E-state index >= 15 is 0 Å². The van der Waals surface area contributed by atoms with Gasteiger partial charge in [-0.15, -0.1) is 0 Å². The van der Waals surface area contributed by atoms with Gasteiger partial charge in [0.1, 0.15) is 0 Å².